The number of nitrogens with zero attached hydrogens (tertiary/aromatic N) is 3. The van der Waals surface area contributed by atoms with Crippen molar-refractivity contribution in [1.82, 2.24) is 15.2 Å². The summed E-state index contributed by atoms with van der Waals surface area (Å²) in [7, 11) is 0. The third kappa shape index (κ3) is 4.31. The molecule has 0 spiro atoms. The molecule has 0 fully saturated rings. The van der Waals surface area contributed by atoms with E-state index in [-0.39, 0.29) is 0 Å². The maximum atomic E-state index is 6.29. The zero-order chi connectivity index (χ0) is 21.9. The van der Waals surface area contributed by atoms with Crippen molar-refractivity contribution in [3.63, 3.8) is 0 Å². The summed E-state index contributed by atoms with van der Waals surface area (Å²) < 4.78 is 12.4. The number of nitrogens with one attached hydrogen (secondary N) is 1. The highest BCUT2D eigenvalue weighted by atomic mass is 35.5. The van der Waals surface area contributed by atoms with E-state index in [1.165, 1.54) is 0 Å². The molecule has 0 bridgehead atoms. The summed E-state index contributed by atoms with van der Waals surface area (Å²) in [6.07, 6.45) is 1.64. The predicted octanol–water partition coefficient (Wildman–Crippen LogP) is 6.85. The molecule has 32 heavy (non-hydrogen) atoms. The van der Waals surface area contributed by atoms with Crippen LogP contribution in [0.25, 0.3) is 22.6 Å². The molecule has 0 amide bonds. The lowest BCUT2D eigenvalue weighted by Gasteiger charge is -2.16. The zero-order valence-corrected chi connectivity index (χ0v) is 19.0. The Balaban J connectivity index is 1.50. The molecule has 6 nitrogen and oxygen atoms in total. The van der Waals surface area contributed by atoms with Crippen molar-refractivity contribution in [1.29, 1.82) is 0 Å². The number of anilines is 1. The highest BCUT2D eigenvalue weighted by Gasteiger charge is 2.28. The second-order valence-electron chi connectivity index (χ2n) is 7.35. The fraction of sp³-hybridized carbons (Fsp3) is 0.208. The van der Waals surface area contributed by atoms with Gasteiger partial charge in [0.05, 0.1) is 0 Å². The molecule has 0 aliphatic carbocycles. The molecular formula is C24H21ClN4O2S. The SMILES string of the molecule is CCCCSc1nnc2c(n1)OC(c1ccc(-c3cccc(Cl)c3)o1)Nc1ccccc1-2. The van der Waals surface area contributed by atoms with Crippen LogP contribution in [0, 0.1) is 0 Å². The van der Waals surface area contributed by atoms with Crippen molar-refractivity contribution in [3.8, 4) is 28.5 Å². The van der Waals surface area contributed by atoms with Crippen LogP contribution in [-0.2, 0) is 0 Å². The van der Waals surface area contributed by atoms with Crippen LogP contribution < -0.4 is 10.1 Å². The third-order valence-electron chi connectivity index (χ3n) is 5.06. The Kier molecular flexibility index (Phi) is 6.01. The van der Waals surface area contributed by atoms with Gasteiger partial charge in [0.1, 0.15) is 5.76 Å². The molecule has 4 aromatic rings. The van der Waals surface area contributed by atoms with E-state index in [2.05, 4.69) is 27.4 Å². The first-order valence-corrected chi connectivity index (χ1v) is 11.8. The molecule has 162 valence electrons. The quantitative estimate of drug-likeness (QED) is 0.247. The van der Waals surface area contributed by atoms with Crippen LogP contribution in [-0.4, -0.2) is 20.9 Å². The minimum atomic E-state index is -0.574. The number of fused-ring (bicyclic) bond motifs is 3. The van der Waals surface area contributed by atoms with Crippen LogP contribution >= 0.6 is 23.4 Å². The third-order valence-corrected chi connectivity index (χ3v) is 6.22. The van der Waals surface area contributed by atoms with Crippen molar-refractivity contribution in [2.45, 2.75) is 31.1 Å². The summed E-state index contributed by atoms with van der Waals surface area (Å²) >= 11 is 7.73. The number of aromatic nitrogens is 3. The first kappa shape index (κ1) is 20.8. The molecule has 5 rings (SSSR count). The van der Waals surface area contributed by atoms with Gasteiger partial charge in [-0.25, -0.2) is 0 Å². The maximum Gasteiger partial charge on any atom is 0.247 e. The van der Waals surface area contributed by atoms with Crippen LogP contribution in [0.4, 0.5) is 5.69 Å². The number of ether oxygens (including phenoxy) is 1. The van der Waals surface area contributed by atoms with Gasteiger partial charge in [0.25, 0.3) is 0 Å². The molecule has 1 unspecified atom stereocenters. The first-order valence-electron chi connectivity index (χ1n) is 10.5. The molecule has 3 heterocycles. The van der Waals surface area contributed by atoms with Crippen LogP contribution in [0.5, 0.6) is 5.88 Å². The normalized spacial score (nSPS) is 14.6. The highest BCUT2D eigenvalue weighted by Crippen LogP contribution is 2.40. The van der Waals surface area contributed by atoms with Gasteiger partial charge >= 0.3 is 0 Å². The number of hydrogen-bond donors (Lipinski definition) is 1. The zero-order valence-electron chi connectivity index (χ0n) is 17.4. The van der Waals surface area contributed by atoms with Gasteiger partial charge in [0.15, 0.2) is 11.5 Å². The molecule has 0 saturated heterocycles. The van der Waals surface area contributed by atoms with Gasteiger partial charge in [-0.1, -0.05) is 67.0 Å². The molecular weight excluding hydrogens is 444 g/mol. The van der Waals surface area contributed by atoms with E-state index in [1.807, 2.05) is 60.7 Å². The monoisotopic (exact) mass is 464 g/mol. The fourth-order valence-electron chi connectivity index (χ4n) is 3.44. The molecule has 2 aromatic carbocycles. The van der Waals surface area contributed by atoms with E-state index in [0.717, 1.165) is 35.4 Å². The molecule has 1 aliphatic rings. The molecule has 2 aromatic heterocycles. The average molecular weight is 465 g/mol. The van der Waals surface area contributed by atoms with Crippen LogP contribution in [0.15, 0.2) is 70.2 Å². The number of furan rings is 1. The predicted molar refractivity (Wildman–Crippen MR) is 127 cm³/mol. The standard InChI is InChI=1S/C24H21ClN4O2S/c1-2-3-13-32-24-27-23-21(28-29-24)17-9-4-5-10-18(17)26-22(31-23)20-12-11-19(30-20)15-7-6-8-16(25)14-15/h4-12,14,22,26H,2-3,13H2,1H3. The number of para-hydroxylation sites is 1. The topological polar surface area (TPSA) is 73.1 Å². The van der Waals surface area contributed by atoms with Crippen molar-refractivity contribution < 1.29 is 9.15 Å². The lowest BCUT2D eigenvalue weighted by Crippen LogP contribution is -2.16. The van der Waals surface area contributed by atoms with E-state index >= 15 is 0 Å². The van der Waals surface area contributed by atoms with Gasteiger partial charge < -0.3 is 14.5 Å². The highest BCUT2D eigenvalue weighted by molar-refractivity contribution is 7.99. The second kappa shape index (κ2) is 9.22. The van der Waals surface area contributed by atoms with Gasteiger partial charge in [-0.3, -0.25) is 0 Å². The summed E-state index contributed by atoms with van der Waals surface area (Å²) in [5, 5.41) is 13.4. The molecule has 1 aliphatic heterocycles. The lowest BCUT2D eigenvalue weighted by molar-refractivity contribution is 0.196. The molecule has 1 N–H and O–H groups in total. The van der Waals surface area contributed by atoms with Crippen molar-refractivity contribution in [2.75, 3.05) is 11.1 Å². The van der Waals surface area contributed by atoms with E-state index in [4.69, 9.17) is 20.8 Å². The molecule has 0 saturated carbocycles. The van der Waals surface area contributed by atoms with Crippen molar-refractivity contribution >= 4 is 29.1 Å². The Morgan fingerprint density at radius 3 is 2.84 bits per heavy atom. The summed E-state index contributed by atoms with van der Waals surface area (Å²) in [6.45, 7) is 2.16. The molecule has 8 heteroatoms. The number of halogens is 1. The van der Waals surface area contributed by atoms with Gasteiger partial charge in [-0.2, -0.15) is 4.98 Å². The minimum absolute atomic E-state index is 0.433. The number of rotatable bonds is 6. The van der Waals surface area contributed by atoms with Crippen LogP contribution in [0.1, 0.15) is 31.8 Å². The number of benzene rings is 2. The fourth-order valence-corrected chi connectivity index (χ4v) is 4.49. The van der Waals surface area contributed by atoms with Gasteiger partial charge in [-0.15, -0.1) is 10.2 Å². The lowest BCUT2D eigenvalue weighted by atomic mass is 10.1. The smallest absolute Gasteiger partial charge is 0.247 e. The van der Waals surface area contributed by atoms with E-state index < -0.39 is 6.23 Å². The Bertz CT molecular complexity index is 1250. The Morgan fingerprint density at radius 1 is 1.06 bits per heavy atom. The maximum absolute atomic E-state index is 6.29. The Hall–Kier alpha value is -3.03. The van der Waals surface area contributed by atoms with E-state index in [1.54, 1.807) is 11.8 Å². The average Bonchev–Trinajstić information content (AvgIpc) is 3.24. The summed E-state index contributed by atoms with van der Waals surface area (Å²) in [4.78, 5) is 4.66. The van der Waals surface area contributed by atoms with E-state index in [9.17, 15) is 0 Å². The summed E-state index contributed by atoms with van der Waals surface area (Å²) in [6, 6.07) is 19.2. The second-order valence-corrected chi connectivity index (χ2v) is 8.85. The van der Waals surface area contributed by atoms with Gasteiger partial charge in [-0.05, 0) is 36.8 Å². The Labute approximate surface area is 195 Å². The largest absolute Gasteiger partial charge is 0.455 e. The summed E-state index contributed by atoms with van der Waals surface area (Å²) in [5.74, 6) is 2.71. The molecule has 0 radical (unpaired) electrons. The number of hydrogen-bond acceptors (Lipinski definition) is 7. The van der Waals surface area contributed by atoms with Gasteiger partial charge in [0, 0.05) is 27.6 Å². The van der Waals surface area contributed by atoms with E-state index in [0.29, 0.717) is 33.3 Å². The van der Waals surface area contributed by atoms with Crippen LogP contribution in [0.3, 0.4) is 0 Å². The van der Waals surface area contributed by atoms with Crippen molar-refractivity contribution in [3.05, 3.63) is 71.4 Å². The number of unbranched alkanes of at least 4 members (excludes halogenated alkanes) is 1. The minimum Gasteiger partial charge on any atom is -0.455 e. The Morgan fingerprint density at radius 2 is 1.97 bits per heavy atom. The van der Waals surface area contributed by atoms with Gasteiger partial charge in [0.2, 0.25) is 17.3 Å². The first-order chi connectivity index (χ1) is 15.7. The van der Waals surface area contributed by atoms with Crippen molar-refractivity contribution in [2.24, 2.45) is 0 Å². The van der Waals surface area contributed by atoms with Crippen LogP contribution in [0.2, 0.25) is 5.02 Å². The molecule has 1 atom stereocenters. The summed E-state index contributed by atoms with van der Waals surface area (Å²) in [5.41, 5.74) is 3.27. The number of thioether (sulfide) groups is 1.